The molecule has 1 aromatic carbocycles. The standard InChI is InChI=1S/C17H18FN5O2/c1-3-6-9(2)15-20-12(14(19)24)13-16(22-15)23(17(25)21-13)11-8-5-4-7-10(11)18/h4-5,7-9H,3,6H2,1-2H3,(H2,19,24)(H,21,25)/t9-/m0/s1. The van der Waals surface area contributed by atoms with E-state index in [0.29, 0.717) is 5.82 Å². The summed E-state index contributed by atoms with van der Waals surface area (Å²) < 4.78 is 15.3. The van der Waals surface area contributed by atoms with Gasteiger partial charge in [0, 0.05) is 5.92 Å². The highest BCUT2D eigenvalue weighted by atomic mass is 19.1. The smallest absolute Gasteiger partial charge is 0.332 e. The Morgan fingerprint density at radius 3 is 2.72 bits per heavy atom. The number of carbonyl (C=O) groups excluding carboxylic acids is 1. The fourth-order valence-electron chi connectivity index (χ4n) is 2.82. The Kier molecular flexibility index (Phi) is 4.35. The van der Waals surface area contributed by atoms with Crippen LogP contribution in [0.3, 0.4) is 0 Å². The molecule has 1 atom stereocenters. The minimum absolute atomic E-state index is 0.0356. The van der Waals surface area contributed by atoms with Gasteiger partial charge in [0.2, 0.25) is 0 Å². The number of nitrogens with two attached hydrogens (primary N) is 1. The summed E-state index contributed by atoms with van der Waals surface area (Å²) in [6.45, 7) is 3.95. The Bertz CT molecular complexity index is 1010. The van der Waals surface area contributed by atoms with Crippen LogP contribution < -0.4 is 11.4 Å². The zero-order valence-electron chi connectivity index (χ0n) is 13.9. The topological polar surface area (TPSA) is 107 Å². The predicted octanol–water partition coefficient (Wildman–Crippen LogP) is 2.25. The van der Waals surface area contributed by atoms with Crippen molar-refractivity contribution in [1.29, 1.82) is 0 Å². The number of para-hydroxylation sites is 1. The second-order valence-electron chi connectivity index (χ2n) is 5.90. The molecule has 0 fully saturated rings. The van der Waals surface area contributed by atoms with Crippen LogP contribution in [0.5, 0.6) is 0 Å². The molecule has 0 radical (unpaired) electrons. The van der Waals surface area contributed by atoms with Crippen molar-refractivity contribution in [1.82, 2.24) is 19.5 Å². The summed E-state index contributed by atoms with van der Waals surface area (Å²) >= 11 is 0. The largest absolute Gasteiger partial charge is 0.364 e. The summed E-state index contributed by atoms with van der Waals surface area (Å²) in [6.07, 6.45) is 1.71. The summed E-state index contributed by atoms with van der Waals surface area (Å²) in [6, 6.07) is 5.85. The summed E-state index contributed by atoms with van der Waals surface area (Å²) in [5, 5.41) is 0. The van der Waals surface area contributed by atoms with Crippen molar-refractivity contribution < 1.29 is 9.18 Å². The Hall–Kier alpha value is -3.03. The number of amides is 1. The number of fused-ring (bicyclic) bond motifs is 1. The minimum atomic E-state index is -0.778. The Morgan fingerprint density at radius 2 is 2.08 bits per heavy atom. The van der Waals surface area contributed by atoms with Gasteiger partial charge in [-0.25, -0.2) is 23.7 Å². The van der Waals surface area contributed by atoms with Crippen molar-refractivity contribution >= 4 is 17.1 Å². The van der Waals surface area contributed by atoms with Gasteiger partial charge in [0.05, 0.1) is 5.69 Å². The lowest BCUT2D eigenvalue weighted by atomic mass is 10.1. The lowest BCUT2D eigenvalue weighted by Crippen LogP contribution is -2.17. The van der Waals surface area contributed by atoms with Crippen molar-refractivity contribution in [2.45, 2.75) is 32.6 Å². The van der Waals surface area contributed by atoms with Crippen LogP contribution in [0.4, 0.5) is 4.39 Å². The van der Waals surface area contributed by atoms with E-state index in [9.17, 15) is 14.0 Å². The van der Waals surface area contributed by atoms with Crippen LogP contribution in [0.2, 0.25) is 0 Å². The fourth-order valence-corrected chi connectivity index (χ4v) is 2.82. The number of benzene rings is 1. The number of aromatic nitrogens is 4. The van der Waals surface area contributed by atoms with E-state index >= 15 is 0 Å². The van der Waals surface area contributed by atoms with Crippen molar-refractivity contribution in [3.63, 3.8) is 0 Å². The molecular weight excluding hydrogens is 325 g/mol. The third-order valence-electron chi connectivity index (χ3n) is 4.04. The lowest BCUT2D eigenvalue weighted by Gasteiger charge is -2.11. The Balaban J connectivity index is 2.36. The van der Waals surface area contributed by atoms with Crippen LogP contribution in [0, 0.1) is 5.82 Å². The van der Waals surface area contributed by atoms with E-state index in [4.69, 9.17) is 5.73 Å². The second kappa shape index (κ2) is 6.46. The van der Waals surface area contributed by atoms with Gasteiger partial charge >= 0.3 is 5.69 Å². The van der Waals surface area contributed by atoms with E-state index in [0.717, 1.165) is 17.4 Å². The SMILES string of the molecule is CCC[C@H](C)c1nc(C(N)=O)c2[nH]c(=O)n(-c3ccccc3F)c2n1. The van der Waals surface area contributed by atoms with E-state index in [-0.39, 0.29) is 28.5 Å². The monoisotopic (exact) mass is 343 g/mol. The maximum absolute atomic E-state index is 14.2. The van der Waals surface area contributed by atoms with Gasteiger partial charge < -0.3 is 10.7 Å². The van der Waals surface area contributed by atoms with Crippen molar-refractivity contribution in [3.8, 4) is 5.69 Å². The highest BCUT2D eigenvalue weighted by Gasteiger charge is 2.22. The molecular formula is C17H18FN5O2. The van der Waals surface area contributed by atoms with Crippen molar-refractivity contribution in [2.24, 2.45) is 5.73 Å². The number of halogens is 1. The van der Waals surface area contributed by atoms with E-state index in [2.05, 4.69) is 15.0 Å². The fraction of sp³-hybridized carbons (Fsp3) is 0.294. The zero-order valence-corrected chi connectivity index (χ0v) is 13.9. The summed E-state index contributed by atoms with van der Waals surface area (Å²) in [5.41, 5.74) is 5.01. The molecule has 1 amide bonds. The first-order chi connectivity index (χ1) is 11.9. The molecule has 0 spiro atoms. The number of nitrogens with one attached hydrogen (secondary N) is 1. The van der Waals surface area contributed by atoms with Gasteiger partial charge in [0.25, 0.3) is 5.91 Å². The second-order valence-corrected chi connectivity index (χ2v) is 5.90. The first-order valence-electron chi connectivity index (χ1n) is 8.01. The molecule has 3 aromatic rings. The molecule has 3 N–H and O–H groups in total. The first-order valence-corrected chi connectivity index (χ1v) is 8.01. The molecule has 7 nitrogen and oxygen atoms in total. The van der Waals surface area contributed by atoms with Crippen LogP contribution >= 0.6 is 0 Å². The normalized spacial score (nSPS) is 12.4. The molecule has 0 aliphatic heterocycles. The minimum Gasteiger partial charge on any atom is -0.364 e. The van der Waals surface area contributed by atoms with Gasteiger partial charge in [-0.15, -0.1) is 0 Å². The van der Waals surface area contributed by atoms with Crippen LogP contribution in [0.1, 0.15) is 48.9 Å². The quantitative estimate of drug-likeness (QED) is 0.741. The number of hydrogen-bond donors (Lipinski definition) is 2. The average molecular weight is 343 g/mol. The average Bonchev–Trinajstić information content (AvgIpc) is 2.90. The number of aromatic amines is 1. The first kappa shape index (κ1) is 16.8. The van der Waals surface area contributed by atoms with Gasteiger partial charge in [-0.3, -0.25) is 4.79 Å². The zero-order chi connectivity index (χ0) is 18.1. The molecule has 0 saturated carbocycles. The van der Waals surface area contributed by atoms with Gasteiger partial charge in [0.15, 0.2) is 11.3 Å². The van der Waals surface area contributed by atoms with Crippen molar-refractivity contribution in [3.05, 3.63) is 52.1 Å². The highest BCUT2D eigenvalue weighted by molar-refractivity contribution is 6.01. The predicted molar refractivity (Wildman–Crippen MR) is 91.3 cm³/mol. The molecule has 130 valence electrons. The van der Waals surface area contributed by atoms with Gasteiger partial charge in [-0.2, -0.15) is 0 Å². The molecule has 0 saturated heterocycles. The summed E-state index contributed by atoms with van der Waals surface area (Å²) in [4.78, 5) is 35.4. The third kappa shape index (κ3) is 2.90. The number of primary amides is 1. The number of imidazole rings is 1. The van der Waals surface area contributed by atoms with Crippen LogP contribution in [0.25, 0.3) is 16.9 Å². The number of nitrogens with zero attached hydrogens (tertiary/aromatic N) is 3. The van der Waals surface area contributed by atoms with Crippen LogP contribution in [0.15, 0.2) is 29.1 Å². The van der Waals surface area contributed by atoms with Crippen molar-refractivity contribution in [2.75, 3.05) is 0 Å². The van der Waals surface area contributed by atoms with Crippen LogP contribution in [-0.4, -0.2) is 25.4 Å². The molecule has 8 heteroatoms. The molecule has 3 rings (SSSR count). The van der Waals surface area contributed by atoms with E-state index in [1.165, 1.54) is 18.2 Å². The number of H-pyrrole nitrogens is 1. The summed E-state index contributed by atoms with van der Waals surface area (Å²) in [7, 11) is 0. The molecule has 25 heavy (non-hydrogen) atoms. The highest BCUT2D eigenvalue weighted by Crippen LogP contribution is 2.23. The Morgan fingerprint density at radius 1 is 1.36 bits per heavy atom. The number of rotatable bonds is 5. The van der Waals surface area contributed by atoms with Crippen LogP contribution in [-0.2, 0) is 0 Å². The molecule has 0 unspecified atom stereocenters. The van der Waals surface area contributed by atoms with E-state index < -0.39 is 17.4 Å². The van der Waals surface area contributed by atoms with Gasteiger partial charge in [-0.05, 0) is 18.6 Å². The van der Waals surface area contributed by atoms with Gasteiger partial charge in [0.1, 0.15) is 17.2 Å². The van der Waals surface area contributed by atoms with E-state index in [1.54, 1.807) is 6.07 Å². The molecule has 0 aliphatic carbocycles. The lowest BCUT2D eigenvalue weighted by molar-refractivity contribution is 0.0996. The molecule has 2 aromatic heterocycles. The summed E-state index contributed by atoms with van der Waals surface area (Å²) in [5.74, 6) is -0.994. The van der Waals surface area contributed by atoms with Gasteiger partial charge in [-0.1, -0.05) is 32.4 Å². The Labute approximate surface area is 142 Å². The maximum atomic E-state index is 14.2. The molecule has 2 heterocycles. The van der Waals surface area contributed by atoms with E-state index in [1.807, 2.05) is 13.8 Å². The number of carbonyl (C=O) groups is 1. The third-order valence-corrected chi connectivity index (χ3v) is 4.04. The maximum Gasteiger partial charge on any atom is 0.332 e. The number of hydrogen-bond acceptors (Lipinski definition) is 4. The molecule has 0 bridgehead atoms. The molecule has 0 aliphatic rings.